The highest BCUT2D eigenvalue weighted by Crippen LogP contribution is 2.76. The first-order chi connectivity index (χ1) is 17.4. The SMILES string of the molecule is CC1(C)CC[C@]2(C(=O)O)CC[C@]3(C)C(=CC[C@@H]4[C@@]5(C)C[C@@H](O)[C@@H]6OC(C)(C)OC[C@@]6(C)[C@@H]5CC[C@]43C)[C@@H]2C1. The van der Waals surface area contributed by atoms with Crippen LogP contribution in [0.5, 0.6) is 0 Å². The normalized spacial score (nSPS) is 54.8. The molecular weight excluding hydrogens is 476 g/mol. The van der Waals surface area contributed by atoms with Gasteiger partial charge in [0, 0.05) is 5.41 Å². The van der Waals surface area contributed by atoms with Crippen molar-refractivity contribution in [1.29, 1.82) is 0 Å². The molecule has 5 nitrogen and oxygen atoms in total. The van der Waals surface area contributed by atoms with Crippen LogP contribution in [0.1, 0.15) is 113 Å². The van der Waals surface area contributed by atoms with Crippen molar-refractivity contribution in [3.05, 3.63) is 11.6 Å². The third kappa shape index (κ3) is 3.30. The number of fused-ring (bicyclic) bond motifs is 9. The highest BCUT2D eigenvalue weighted by atomic mass is 16.7. The van der Waals surface area contributed by atoms with E-state index in [-0.39, 0.29) is 39.1 Å². The fourth-order valence-corrected chi connectivity index (χ4v) is 11.6. The van der Waals surface area contributed by atoms with Gasteiger partial charge in [-0.15, -0.1) is 0 Å². The number of carboxylic acid groups (broad SMARTS) is 1. The summed E-state index contributed by atoms with van der Waals surface area (Å²) in [5, 5.41) is 22.2. The summed E-state index contributed by atoms with van der Waals surface area (Å²) in [4.78, 5) is 12.9. The Morgan fingerprint density at radius 1 is 0.895 bits per heavy atom. The molecule has 6 rings (SSSR count). The van der Waals surface area contributed by atoms with E-state index in [1.807, 2.05) is 13.8 Å². The van der Waals surface area contributed by atoms with Crippen molar-refractivity contribution in [3.8, 4) is 0 Å². The largest absolute Gasteiger partial charge is 0.481 e. The Kier molecular flexibility index (Phi) is 5.66. The molecule has 6 aliphatic rings. The average Bonchev–Trinajstić information content (AvgIpc) is 2.80. The molecule has 5 heteroatoms. The topological polar surface area (TPSA) is 76.0 Å². The maximum Gasteiger partial charge on any atom is 0.310 e. The maximum absolute atomic E-state index is 12.9. The number of aliphatic hydroxyl groups excluding tert-OH is 1. The molecule has 0 bridgehead atoms. The molecule has 38 heavy (non-hydrogen) atoms. The summed E-state index contributed by atoms with van der Waals surface area (Å²) >= 11 is 0. The first-order valence-electron chi connectivity index (χ1n) is 15.4. The summed E-state index contributed by atoms with van der Waals surface area (Å²) in [5.74, 6) is -0.236. The third-order valence-corrected chi connectivity index (χ3v) is 13.9. The predicted octanol–water partition coefficient (Wildman–Crippen LogP) is 6.98. The van der Waals surface area contributed by atoms with Crippen molar-refractivity contribution in [2.45, 2.75) is 131 Å². The van der Waals surface area contributed by atoms with Gasteiger partial charge in [-0.05, 0) is 111 Å². The van der Waals surface area contributed by atoms with E-state index >= 15 is 0 Å². The van der Waals surface area contributed by atoms with Gasteiger partial charge >= 0.3 is 5.97 Å². The minimum absolute atomic E-state index is 0.00874. The van der Waals surface area contributed by atoms with Gasteiger partial charge in [0.25, 0.3) is 0 Å². The molecule has 0 aromatic rings. The smallest absolute Gasteiger partial charge is 0.310 e. The molecule has 0 amide bonds. The van der Waals surface area contributed by atoms with Gasteiger partial charge in [0.2, 0.25) is 0 Å². The first kappa shape index (κ1) is 27.3. The summed E-state index contributed by atoms with van der Waals surface area (Å²) in [6.07, 6.45) is 10.3. The number of aliphatic hydroxyl groups is 1. The Balaban J connectivity index is 1.41. The number of carboxylic acids is 1. The molecule has 0 unspecified atom stereocenters. The van der Waals surface area contributed by atoms with E-state index in [4.69, 9.17) is 9.47 Å². The zero-order chi connectivity index (χ0) is 27.7. The summed E-state index contributed by atoms with van der Waals surface area (Å²) in [6, 6.07) is 0. The average molecular weight is 529 g/mol. The van der Waals surface area contributed by atoms with Gasteiger partial charge in [0.05, 0.1) is 24.2 Å². The Morgan fingerprint density at radius 2 is 1.58 bits per heavy atom. The van der Waals surface area contributed by atoms with Crippen molar-refractivity contribution in [2.24, 2.45) is 50.2 Å². The molecule has 1 aliphatic heterocycles. The monoisotopic (exact) mass is 528 g/mol. The minimum Gasteiger partial charge on any atom is -0.481 e. The van der Waals surface area contributed by atoms with Crippen LogP contribution in [0.2, 0.25) is 0 Å². The first-order valence-corrected chi connectivity index (χ1v) is 15.4. The molecule has 4 saturated carbocycles. The van der Waals surface area contributed by atoms with Crippen LogP contribution in [-0.4, -0.2) is 40.8 Å². The van der Waals surface area contributed by atoms with Gasteiger partial charge in [-0.3, -0.25) is 4.79 Å². The van der Waals surface area contributed by atoms with E-state index in [2.05, 4.69) is 47.6 Å². The van der Waals surface area contributed by atoms with Crippen molar-refractivity contribution >= 4 is 5.97 Å². The molecule has 0 aromatic heterocycles. The number of ether oxygens (including phenoxy) is 2. The van der Waals surface area contributed by atoms with Gasteiger partial charge in [-0.2, -0.15) is 0 Å². The second-order valence-electron chi connectivity index (χ2n) is 16.7. The lowest BCUT2D eigenvalue weighted by atomic mass is 9.33. The number of hydrogen-bond donors (Lipinski definition) is 2. The van der Waals surface area contributed by atoms with Crippen LogP contribution < -0.4 is 0 Å². The lowest BCUT2D eigenvalue weighted by molar-refractivity contribution is -0.368. The quantitative estimate of drug-likeness (QED) is 0.359. The molecule has 0 radical (unpaired) electrons. The molecule has 1 saturated heterocycles. The summed E-state index contributed by atoms with van der Waals surface area (Å²) in [6.45, 7) is 19.0. The minimum atomic E-state index is -0.662. The fraction of sp³-hybridized carbons (Fsp3) is 0.909. The summed E-state index contributed by atoms with van der Waals surface area (Å²) in [7, 11) is 0. The van der Waals surface area contributed by atoms with E-state index in [0.717, 1.165) is 57.8 Å². The second kappa shape index (κ2) is 7.88. The second-order valence-corrected chi connectivity index (χ2v) is 16.7. The lowest BCUT2D eigenvalue weighted by Crippen LogP contribution is -2.70. The van der Waals surface area contributed by atoms with Crippen molar-refractivity contribution in [3.63, 3.8) is 0 Å². The summed E-state index contributed by atoms with van der Waals surface area (Å²) in [5.41, 5.74) is 0.868. The van der Waals surface area contributed by atoms with Crippen molar-refractivity contribution < 1.29 is 24.5 Å². The number of allylic oxidation sites excluding steroid dienone is 2. The Hall–Kier alpha value is -0.910. The third-order valence-electron chi connectivity index (χ3n) is 13.9. The molecule has 10 atom stereocenters. The predicted molar refractivity (Wildman–Crippen MR) is 147 cm³/mol. The molecule has 1 heterocycles. The van der Waals surface area contributed by atoms with Gasteiger partial charge in [0.15, 0.2) is 5.79 Å². The van der Waals surface area contributed by atoms with Crippen LogP contribution in [0.15, 0.2) is 11.6 Å². The van der Waals surface area contributed by atoms with Gasteiger partial charge in [-0.25, -0.2) is 0 Å². The molecular formula is C33H52O5. The van der Waals surface area contributed by atoms with Crippen molar-refractivity contribution in [1.82, 2.24) is 0 Å². The fourth-order valence-electron chi connectivity index (χ4n) is 11.6. The molecule has 214 valence electrons. The number of aliphatic carboxylic acids is 1. The van der Waals surface area contributed by atoms with Crippen LogP contribution in [0.25, 0.3) is 0 Å². The zero-order valence-corrected chi connectivity index (χ0v) is 25.2. The highest BCUT2D eigenvalue weighted by molar-refractivity contribution is 5.76. The van der Waals surface area contributed by atoms with Crippen LogP contribution in [0, 0.1) is 50.2 Å². The molecule has 0 aromatic carbocycles. The Labute approximate surface area is 230 Å². The van der Waals surface area contributed by atoms with Crippen LogP contribution in [-0.2, 0) is 14.3 Å². The molecule has 0 spiro atoms. The van der Waals surface area contributed by atoms with Crippen LogP contribution >= 0.6 is 0 Å². The lowest BCUT2D eigenvalue weighted by Gasteiger charge is -2.72. The summed E-state index contributed by atoms with van der Waals surface area (Å²) < 4.78 is 12.7. The number of rotatable bonds is 1. The molecule has 5 aliphatic carbocycles. The van der Waals surface area contributed by atoms with Gasteiger partial charge in [-0.1, -0.05) is 53.2 Å². The van der Waals surface area contributed by atoms with Crippen LogP contribution in [0.4, 0.5) is 0 Å². The molecule has 2 N–H and O–H groups in total. The van der Waals surface area contributed by atoms with E-state index < -0.39 is 23.3 Å². The Bertz CT molecular complexity index is 1060. The van der Waals surface area contributed by atoms with E-state index in [0.29, 0.717) is 18.4 Å². The number of hydrogen-bond acceptors (Lipinski definition) is 4. The van der Waals surface area contributed by atoms with Crippen LogP contribution in [0.3, 0.4) is 0 Å². The molecule has 5 fully saturated rings. The standard InChI is InChI=1S/C33H52O5/c1-27(2)13-15-33(26(35)36)16-14-31(7)20(21(33)17-27)9-10-24-29(5)18-22(34)25-30(6,19-37-28(3,4)38-25)23(29)11-12-32(24,31)8/h9,21-25,34H,10-19H2,1-8H3,(H,35,36)/t21-,22+,23+,24+,25-,29-,30-,31+,32+,33-/m0/s1. The van der Waals surface area contributed by atoms with E-state index in [9.17, 15) is 15.0 Å². The maximum atomic E-state index is 12.9. The highest BCUT2D eigenvalue weighted by Gasteiger charge is 2.71. The Morgan fingerprint density at radius 3 is 2.26 bits per heavy atom. The van der Waals surface area contributed by atoms with Gasteiger partial charge in [0.1, 0.15) is 0 Å². The van der Waals surface area contributed by atoms with Crippen molar-refractivity contribution in [2.75, 3.05) is 6.61 Å². The zero-order valence-electron chi connectivity index (χ0n) is 25.2. The number of carbonyl (C=O) groups is 1. The van der Waals surface area contributed by atoms with E-state index in [1.165, 1.54) is 5.57 Å². The van der Waals surface area contributed by atoms with Gasteiger partial charge < -0.3 is 19.7 Å². The van der Waals surface area contributed by atoms with E-state index in [1.54, 1.807) is 0 Å².